The molecule has 1 aliphatic heterocycles. The minimum Gasteiger partial charge on any atom is -0.382 e. The topological polar surface area (TPSA) is 56.3 Å². The first-order valence-corrected chi connectivity index (χ1v) is 6.82. The van der Waals surface area contributed by atoms with Gasteiger partial charge in [-0.25, -0.2) is 4.98 Å². The summed E-state index contributed by atoms with van der Waals surface area (Å²) >= 11 is 0. The molecule has 5 heteroatoms. The van der Waals surface area contributed by atoms with E-state index in [1.165, 1.54) is 0 Å². The summed E-state index contributed by atoms with van der Waals surface area (Å²) in [5.41, 5.74) is 7.03. The van der Waals surface area contributed by atoms with E-state index in [0.29, 0.717) is 6.04 Å². The van der Waals surface area contributed by atoms with Crippen molar-refractivity contribution in [3.63, 3.8) is 0 Å². The van der Waals surface area contributed by atoms with Crippen LogP contribution in [-0.2, 0) is 11.3 Å². The number of imidazole rings is 1. The third-order valence-electron chi connectivity index (χ3n) is 3.28. The normalized spacial score (nSPS) is 19.7. The number of hydrogen-bond donors (Lipinski definition) is 1. The summed E-state index contributed by atoms with van der Waals surface area (Å²) in [6, 6.07) is 0.291. The maximum Gasteiger partial charge on any atom is 0.205 e. The molecule has 0 aromatic carbocycles. The predicted molar refractivity (Wildman–Crippen MR) is 72.9 cm³/mol. The number of hydrogen-bond acceptors (Lipinski definition) is 4. The van der Waals surface area contributed by atoms with Gasteiger partial charge in [-0.05, 0) is 26.7 Å². The summed E-state index contributed by atoms with van der Waals surface area (Å²) in [6.07, 6.45) is 4.20. The van der Waals surface area contributed by atoms with Crippen LogP contribution >= 0.6 is 0 Å². The summed E-state index contributed by atoms with van der Waals surface area (Å²) < 4.78 is 7.61. The molecule has 0 saturated carbocycles. The highest BCUT2D eigenvalue weighted by molar-refractivity contribution is 5.35. The van der Waals surface area contributed by atoms with Gasteiger partial charge in [0.1, 0.15) is 0 Å². The van der Waals surface area contributed by atoms with E-state index in [9.17, 15) is 0 Å². The van der Waals surface area contributed by atoms with Crippen molar-refractivity contribution in [2.75, 3.05) is 31.2 Å². The van der Waals surface area contributed by atoms with E-state index < -0.39 is 0 Å². The van der Waals surface area contributed by atoms with E-state index in [2.05, 4.69) is 20.6 Å². The summed E-state index contributed by atoms with van der Waals surface area (Å²) in [4.78, 5) is 6.91. The minimum atomic E-state index is 0.291. The Kier molecular flexibility index (Phi) is 4.60. The Morgan fingerprint density at radius 2 is 2.39 bits per heavy atom. The number of aromatic nitrogens is 2. The number of anilines is 1. The van der Waals surface area contributed by atoms with Crippen molar-refractivity contribution in [3.05, 3.63) is 11.9 Å². The quantitative estimate of drug-likeness (QED) is 0.772. The highest BCUT2D eigenvalue weighted by Crippen LogP contribution is 2.19. The maximum atomic E-state index is 5.96. The van der Waals surface area contributed by atoms with Crippen molar-refractivity contribution in [2.45, 2.75) is 39.3 Å². The Bertz CT molecular complexity index is 377. The van der Waals surface area contributed by atoms with Gasteiger partial charge in [0.15, 0.2) is 0 Å². The van der Waals surface area contributed by atoms with Crippen molar-refractivity contribution in [1.29, 1.82) is 0 Å². The molecule has 1 fully saturated rings. The van der Waals surface area contributed by atoms with E-state index in [1.807, 2.05) is 13.8 Å². The molecule has 18 heavy (non-hydrogen) atoms. The molecule has 1 atom stereocenters. The number of ether oxygens (including phenoxy) is 1. The molecule has 0 spiro atoms. The summed E-state index contributed by atoms with van der Waals surface area (Å²) in [5.74, 6) is 1.07. The minimum absolute atomic E-state index is 0.291. The molecule has 5 nitrogen and oxygen atoms in total. The van der Waals surface area contributed by atoms with Gasteiger partial charge in [-0.1, -0.05) is 0 Å². The number of nitrogens with zero attached hydrogens (tertiary/aromatic N) is 3. The molecule has 0 bridgehead atoms. The Hall–Kier alpha value is -1.07. The molecule has 2 rings (SSSR count). The Balaban J connectivity index is 1.96. The number of rotatable bonds is 6. The van der Waals surface area contributed by atoms with Crippen LogP contribution in [0.2, 0.25) is 0 Å². The molecule has 0 aliphatic carbocycles. The number of nitrogens with two attached hydrogens (primary N) is 1. The van der Waals surface area contributed by atoms with Crippen molar-refractivity contribution in [3.8, 4) is 0 Å². The SMILES string of the molecule is CCOCCCn1cc(C)nc1N1CCC(N)C1. The van der Waals surface area contributed by atoms with E-state index in [4.69, 9.17) is 10.5 Å². The van der Waals surface area contributed by atoms with Crippen LogP contribution in [0.1, 0.15) is 25.5 Å². The maximum absolute atomic E-state index is 5.96. The van der Waals surface area contributed by atoms with Crippen LogP contribution in [0.25, 0.3) is 0 Å². The van der Waals surface area contributed by atoms with E-state index >= 15 is 0 Å². The Morgan fingerprint density at radius 1 is 1.56 bits per heavy atom. The molecule has 0 radical (unpaired) electrons. The van der Waals surface area contributed by atoms with E-state index in [1.54, 1.807) is 0 Å². The fourth-order valence-corrected chi connectivity index (χ4v) is 2.40. The van der Waals surface area contributed by atoms with E-state index in [-0.39, 0.29) is 0 Å². The molecule has 1 aliphatic rings. The van der Waals surface area contributed by atoms with Crippen LogP contribution in [0.3, 0.4) is 0 Å². The highest BCUT2D eigenvalue weighted by atomic mass is 16.5. The lowest BCUT2D eigenvalue weighted by Crippen LogP contribution is -2.28. The Labute approximate surface area is 109 Å². The molecule has 1 saturated heterocycles. The highest BCUT2D eigenvalue weighted by Gasteiger charge is 2.23. The van der Waals surface area contributed by atoms with Crippen molar-refractivity contribution >= 4 is 5.95 Å². The average molecular weight is 252 g/mol. The molecule has 0 amide bonds. The van der Waals surface area contributed by atoms with Gasteiger partial charge in [0.05, 0.1) is 5.69 Å². The average Bonchev–Trinajstić information content (AvgIpc) is 2.91. The summed E-state index contributed by atoms with van der Waals surface area (Å²) in [7, 11) is 0. The second-order valence-corrected chi connectivity index (χ2v) is 4.92. The lowest BCUT2D eigenvalue weighted by atomic mass is 10.3. The summed E-state index contributed by atoms with van der Waals surface area (Å²) in [6.45, 7) is 8.56. The lowest BCUT2D eigenvalue weighted by Gasteiger charge is -2.18. The van der Waals surface area contributed by atoms with Crippen LogP contribution in [0.4, 0.5) is 5.95 Å². The molecule has 102 valence electrons. The zero-order chi connectivity index (χ0) is 13.0. The lowest BCUT2D eigenvalue weighted by molar-refractivity contribution is 0.141. The zero-order valence-electron chi connectivity index (χ0n) is 11.4. The molecule has 1 aromatic heterocycles. The van der Waals surface area contributed by atoms with Crippen molar-refractivity contribution in [2.24, 2.45) is 5.73 Å². The fourth-order valence-electron chi connectivity index (χ4n) is 2.40. The first-order valence-electron chi connectivity index (χ1n) is 6.82. The second-order valence-electron chi connectivity index (χ2n) is 4.92. The second kappa shape index (κ2) is 6.20. The van der Waals surface area contributed by atoms with Crippen LogP contribution in [0.15, 0.2) is 6.20 Å². The van der Waals surface area contributed by atoms with Crippen molar-refractivity contribution in [1.82, 2.24) is 9.55 Å². The first kappa shape index (κ1) is 13.4. The third-order valence-corrected chi connectivity index (χ3v) is 3.28. The standard InChI is InChI=1S/C13H24N4O/c1-3-18-8-4-6-16-9-11(2)15-13(16)17-7-5-12(14)10-17/h9,12H,3-8,10,14H2,1-2H3. The first-order chi connectivity index (χ1) is 8.70. The summed E-state index contributed by atoms with van der Waals surface area (Å²) in [5, 5.41) is 0. The van der Waals surface area contributed by atoms with Gasteiger partial charge in [-0.2, -0.15) is 0 Å². The molecule has 2 N–H and O–H groups in total. The molecule has 1 unspecified atom stereocenters. The monoisotopic (exact) mass is 252 g/mol. The van der Waals surface area contributed by atoms with Crippen molar-refractivity contribution < 1.29 is 4.74 Å². The largest absolute Gasteiger partial charge is 0.382 e. The van der Waals surface area contributed by atoms with Gasteiger partial charge in [0, 0.05) is 45.1 Å². The molecular weight excluding hydrogens is 228 g/mol. The van der Waals surface area contributed by atoms with Crippen LogP contribution in [0, 0.1) is 6.92 Å². The Morgan fingerprint density at radius 3 is 3.06 bits per heavy atom. The van der Waals surface area contributed by atoms with E-state index in [0.717, 1.165) is 57.3 Å². The van der Waals surface area contributed by atoms with Gasteiger partial charge < -0.3 is 19.9 Å². The van der Waals surface area contributed by atoms with Gasteiger partial charge in [0.25, 0.3) is 0 Å². The molecular formula is C13H24N4O. The van der Waals surface area contributed by atoms with Crippen LogP contribution in [0.5, 0.6) is 0 Å². The third kappa shape index (κ3) is 3.23. The predicted octanol–water partition coefficient (Wildman–Crippen LogP) is 1.16. The zero-order valence-corrected chi connectivity index (χ0v) is 11.4. The van der Waals surface area contributed by atoms with Crippen LogP contribution in [-0.4, -0.2) is 41.9 Å². The van der Waals surface area contributed by atoms with Crippen LogP contribution < -0.4 is 10.6 Å². The van der Waals surface area contributed by atoms with Gasteiger partial charge in [-0.3, -0.25) is 0 Å². The molecule has 1 aromatic rings. The van der Waals surface area contributed by atoms with Gasteiger partial charge in [-0.15, -0.1) is 0 Å². The van der Waals surface area contributed by atoms with Gasteiger partial charge in [0.2, 0.25) is 5.95 Å². The molecule has 2 heterocycles. The van der Waals surface area contributed by atoms with Gasteiger partial charge >= 0.3 is 0 Å². The fraction of sp³-hybridized carbons (Fsp3) is 0.769. The number of aryl methyl sites for hydroxylation is 2. The smallest absolute Gasteiger partial charge is 0.205 e.